The Kier molecular flexibility index (Phi) is 7.81. The van der Waals surface area contributed by atoms with Gasteiger partial charge in [0, 0.05) is 27.3 Å². The number of hydroxylamine groups is 1. The second kappa shape index (κ2) is 10.2. The first-order chi connectivity index (χ1) is 14.6. The third-order valence-corrected chi connectivity index (χ3v) is 5.95. The summed E-state index contributed by atoms with van der Waals surface area (Å²) in [6.45, 7) is 5.43. The number of thiophene rings is 1. The predicted molar refractivity (Wildman–Crippen MR) is 127 cm³/mol. The van der Waals surface area contributed by atoms with Crippen LogP contribution in [0.2, 0.25) is 0 Å². The molecule has 0 spiro atoms. The molecule has 1 aromatic carbocycles. The molecule has 0 radical (unpaired) electrons. The Labute approximate surface area is 197 Å². The average Bonchev–Trinajstić information content (AvgIpc) is 3.06. The van der Waals surface area contributed by atoms with Gasteiger partial charge in [-0.3, -0.25) is 14.6 Å². The molecule has 166 valence electrons. The van der Waals surface area contributed by atoms with Crippen LogP contribution in [0, 0.1) is 15.3 Å². The van der Waals surface area contributed by atoms with Crippen molar-refractivity contribution in [1.29, 1.82) is 0 Å². The van der Waals surface area contributed by atoms with Crippen LogP contribution in [0.25, 0.3) is 10.1 Å². The summed E-state index contributed by atoms with van der Waals surface area (Å²) in [4.78, 5) is 22.6. The molecule has 7 nitrogen and oxygen atoms in total. The molecule has 10 heteroatoms. The number of rotatable bonds is 9. The number of aliphatic hydroxyl groups is 1. The smallest absolute Gasteiger partial charge is 0.287 e. The van der Waals surface area contributed by atoms with Crippen molar-refractivity contribution in [3.8, 4) is 0 Å². The van der Waals surface area contributed by atoms with Crippen molar-refractivity contribution in [2.45, 2.75) is 26.6 Å². The number of ether oxygens (including phenoxy) is 1. The van der Waals surface area contributed by atoms with E-state index >= 15 is 0 Å². The largest absolute Gasteiger partial charge is 0.366 e. The van der Waals surface area contributed by atoms with Crippen molar-refractivity contribution < 1.29 is 23.9 Å². The van der Waals surface area contributed by atoms with Gasteiger partial charge in [-0.1, -0.05) is 6.92 Å². The Morgan fingerprint density at radius 3 is 2.84 bits per heavy atom. The van der Waals surface area contributed by atoms with E-state index in [0.29, 0.717) is 10.6 Å². The van der Waals surface area contributed by atoms with Crippen LogP contribution >= 0.6 is 33.9 Å². The number of carbonyl (C=O) groups excluding carboxylic acids is 1. The average molecular weight is 559 g/mol. The van der Waals surface area contributed by atoms with E-state index in [4.69, 9.17) is 9.57 Å². The summed E-state index contributed by atoms with van der Waals surface area (Å²) in [7, 11) is 0. The standard InChI is InChI=1S/C21H23FIN3O4S/c1-12(10-29-21(2,3)28)11-30-26-20(27)19-18(14-6-7-24-9-17(14)31-19)25-16-5-4-13(23)8-15(16)22/h4-9,12,25,28H,10-11H2,1-3H3,(H,26,27)/t12-/m1/s1. The van der Waals surface area contributed by atoms with Crippen LogP contribution < -0.4 is 10.8 Å². The minimum atomic E-state index is -1.23. The number of carbonyl (C=O) groups is 1. The van der Waals surface area contributed by atoms with Crippen LogP contribution in [0.4, 0.5) is 15.8 Å². The zero-order valence-electron chi connectivity index (χ0n) is 17.2. The van der Waals surface area contributed by atoms with Gasteiger partial charge in [0.2, 0.25) is 0 Å². The first-order valence-corrected chi connectivity index (χ1v) is 11.4. The number of amides is 1. The number of hydrogen-bond acceptors (Lipinski definition) is 7. The van der Waals surface area contributed by atoms with E-state index in [9.17, 15) is 14.3 Å². The molecule has 0 aliphatic carbocycles. The zero-order chi connectivity index (χ0) is 22.6. The lowest BCUT2D eigenvalue weighted by Gasteiger charge is -2.21. The number of aromatic nitrogens is 1. The number of fused-ring (bicyclic) bond motifs is 1. The summed E-state index contributed by atoms with van der Waals surface area (Å²) in [6, 6.07) is 6.60. The third kappa shape index (κ3) is 6.56. The molecule has 0 unspecified atom stereocenters. The molecule has 0 saturated heterocycles. The number of anilines is 2. The fourth-order valence-electron chi connectivity index (χ4n) is 2.65. The van der Waals surface area contributed by atoms with E-state index < -0.39 is 17.5 Å². The molecule has 2 heterocycles. The van der Waals surface area contributed by atoms with Crippen molar-refractivity contribution in [2.75, 3.05) is 18.5 Å². The number of nitrogens with zero attached hydrogens (tertiary/aromatic N) is 1. The molecule has 3 rings (SSSR count). The van der Waals surface area contributed by atoms with E-state index in [1.165, 1.54) is 17.4 Å². The van der Waals surface area contributed by atoms with Crippen LogP contribution in [-0.4, -0.2) is 35.0 Å². The Morgan fingerprint density at radius 2 is 2.13 bits per heavy atom. The van der Waals surface area contributed by atoms with Gasteiger partial charge in [-0.25, -0.2) is 9.87 Å². The Hall–Kier alpha value is -1.86. The Bertz CT molecular complexity index is 1070. The van der Waals surface area contributed by atoms with Gasteiger partial charge in [0.05, 0.1) is 29.3 Å². The van der Waals surface area contributed by atoms with E-state index in [0.717, 1.165) is 13.7 Å². The predicted octanol–water partition coefficient (Wildman–Crippen LogP) is 4.83. The molecule has 1 atom stereocenters. The number of benzene rings is 1. The highest BCUT2D eigenvalue weighted by atomic mass is 127. The molecule has 3 N–H and O–H groups in total. The van der Waals surface area contributed by atoms with Gasteiger partial charge in [-0.05, 0) is 60.7 Å². The van der Waals surface area contributed by atoms with Crippen LogP contribution in [-0.2, 0) is 9.57 Å². The molecule has 0 saturated carbocycles. The minimum Gasteiger partial charge on any atom is -0.366 e. The van der Waals surface area contributed by atoms with Crippen molar-refractivity contribution in [3.63, 3.8) is 0 Å². The van der Waals surface area contributed by atoms with Gasteiger partial charge < -0.3 is 15.2 Å². The SMILES string of the molecule is C[C@@H](CONC(=O)c1sc2cnccc2c1Nc1ccc(I)cc1F)COC(C)(C)O. The van der Waals surface area contributed by atoms with Gasteiger partial charge in [-0.15, -0.1) is 11.3 Å². The lowest BCUT2D eigenvalue weighted by atomic mass is 10.2. The summed E-state index contributed by atoms with van der Waals surface area (Å²) in [5.41, 5.74) is 3.19. The van der Waals surface area contributed by atoms with Gasteiger partial charge in [0.1, 0.15) is 10.7 Å². The fraction of sp³-hybridized carbons (Fsp3) is 0.333. The summed E-state index contributed by atoms with van der Waals surface area (Å²) >= 11 is 3.27. The number of halogens is 2. The first-order valence-electron chi connectivity index (χ1n) is 9.51. The van der Waals surface area contributed by atoms with E-state index in [2.05, 4.69) is 15.8 Å². The van der Waals surface area contributed by atoms with Gasteiger partial charge in [-0.2, -0.15) is 0 Å². The van der Waals surface area contributed by atoms with Crippen molar-refractivity contribution in [1.82, 2.24) is 10.5 Å². The summed E-state index contributed by atoms with van der Waals surface area (Å²) < 4.78 is 21.2. The lowest BCUT2D eigenvalue weighted by molar-refractivity contribution is -0.186. The molecule has 0 bridgehead atoms. The Morgan fingerprint density at radius 1 is 1.35 bits per heavy atom. The highest BCUT2D eigenvalue weighted by molar-refractivity contribution is 14.1. The maximum Gasteiger partial charge on any atom is 0.287 e. The highest BCUT2D eigenvalue weighted by Crippen LogP contribution is 2.37. The number of nitrogens with one attached hydrogen (secondary N) is 2. The van der Waals surface area contributed by atoms with E-state index in [1.807, 2.05) is 29.5 Å². The number of pyridine rings is 1. The molecular formula is C21H23FIN3O4S. The monoisotopic (exact) mass is 559 g/mol. The molecular weight excluding hydrogens is 536 g/mol. The summed E-state index contributed by atoms with van der Waals surface area (Å²) in [5.74, 6) is -2.15. The maximum atomic E-state index is 14.4. The van der Waals surface area contributed by atoms with Gasteiger partial charge >= 0.3 is 0 Å². The second-order valence-corrected chi connectivity index (χ2v) is 9.83. The van der Waals surface area contributed by atoms with Crippen LogP contribution in [0.3, 0.4) is 0 Å². The van der Waals surface area contributed by atoms with Crippen molar-refractivity contribution in [2.24, 2.45) is 5.92 Å². The summed E-state index contributed by atoms with van der Waals surface area (Å²) in [5, 5.41) is 13.4. The van der Waals surface area contributed by atoms with Crippen molar-refractivity contribution in [3.05, 3.63) is 50.9 Å². The topological polar surface area (TPSA) is 92.7 Å². The van der Waals surface area contributed by atoms with Crippen LogP contribution in [0.15, 0.2) is 36.7 Å². The molecule has 0 fully saturated rings. The van der Waals surface area contributed by atoms with Crippen LogP contribution in [0.5, 0.6) is 0 Å². The minimum absolute atomic E-state index is 0.0585. The molecule has 2 aromatic heterocycles. The second-order valence-electron chi connectivity index (χ2n) is 7.53. The fourth-order valence-corrected chi connectivity index (χ4v) is 4.11. The lowest BCUT2D eigenvalue weighted by Crippen LogP contribution is -2.30. The maximum absolute atomic E-state index is 14.4. The normalized spacial score (nSPS) is 12.7. The highest BCUT2D eigenvalue weighted by Gasteiger charge is 2.21. The quantitative estimate of drug-likeness (QED) is 0.198. The molecule has 3 aromatic rings. The van der Waals surface area contributed by atoms with Crippen LogP contribution in [0.1, 0.15) is 30.4 Å². The van der Waals surface area contributed by atoms with E-state index in [-0.39, 0.29) is 24.8 Å². The molecule has 1 amide bonds. The Balaban J connectivity index is 1.74. The molecule has 0 aliphatic rings. The summed E-state index contributed by atoms with van der Waals surface area (Å²) in [6.07, 6.45) is 3.27. The van der Waals surface area contributed by atoms with Crippen molar-refractivity contribution >= 4 is 61.3 Å². The van der Waals surface area contributed by atoms with E-state index in [1.54, 1.807) is 44.4 Å². The number of hydrogen-bond donors (Lipinski definition) is 3. The third-order valence-electron chi connectivity index (χ3n) is 4.14. The van der Waals surface area contributed by atoms with Gasteiger partial charge in [0.25, 0.3) is 5.91 Å². The van der Waals surface area contributed by atoms with Gasteiger partial charge in [0.15, 0.2) is 5.79 Å². The molecule has 31 heavy (non-hydrogen) atoms. The first kappa shape index (κ1) is 23.8. The zero-order valence-corrected chi connectivity index (χ0v) is 20.2. The molecule has 0 aliphatic heterocycles.